The van der Waals surface area contributed by atoms with Gasteiger partial charge in [-0.15, -0.1) is 0 Å². The minimum absolute atomic E-state index is 0.00800. The van der Waals surface area contributed by atoms with Crippen LogP contribution in [0.5, 0.6) is 17.2 Å². The van der Waals surface area contributed by atoms with Crippen LogP contribution in [0, 0.1) is 0 Å². The van der Waals surface area contributed by atoms with E-state index in [1.54, 1.807) is 12.1 Å². The Morgan fingerprint density at radius 1 is 0.659 bits per heavy atom. The van der Waals surface area contributed by atoms with Crippen molar-refractivity contribution >= 4 is 81.1 Å². The van der Waals surface area contributed by atoms with Gasteiger partial charge in [-0.25, -0.2) is 4.79 Å². The second-order valence-electron chi connectivity index (χ2n) is 22.0. The third-order valence-electron chi connectivity index (χ3n) is 15.7. The van der Waals surface area contributed by atoms with E-state index in [0.717, 1.165) is 78.0 Å². The summed E-state index contributed by atoms with van der Waals surface area (Å²) in [5, 5.41) is 15.3. The van der Waals surface area contributed by atoms with Crippen LogP contribution in [-0.2, 0) is 77.1 Å². The average Bonchev–Trinajstić information content (AvgIpc) is 1.73. The van der Waals surface area contributed by atoms with Crippen molar-refractivity contribution in [2.45, 2.75) is 83.3 Å². The molecule has 1 atom stereocenters. The Hall–Kier alpha value is -4.93. The van der Waals surface area contributed by atoms with Crippen LogP contribution in [0.3, 0.4) is 0 Å². The van der Waals surface area contributed by atoms with Gasteiger partial charge in [-0.05, 0) is 100 Å². The number of halogens is 4. The lowest BCUT2D eigenvalue weighted by molar-refractivity contribution is -0.122. The number of allylic oxidation sites excluding steroid dienone is 1. The largest absolute Gasteiger partial charge is 0.508 e. The zero-order valence-corrected chi connectivity index (χ0v) is 51.8. The van der Waals surface area contributed by atoms with Crippen molar-refractivity contribution in [1.29, 1.82) is 0 Å². The second-order valence-corrected chi connectivity index (χ2v) is 23.5. The predicted octanol–water partition coefficient (Wildman–Crippen LogP) is 10.1. The summed E-state index contributed by atoms with van der Waals surface area (Å²) in [5.74, 6) is 0.641. The number of aromatic hydroxyl groups is 1. The van der Waals surface area contributed by atoms with E-state index in [1.807, 2.05) is 12.1 Å². The average molecular weight is 1260 g/mol. The molecule has 22 heteroatoms. The van der Waals surface area contributed by atoms with Crippen molar-refractivity contribution in [2.75, 3.05) is 148 Å². The number of carbonyl (C=O) groups is 3. The van der Waals surface area contributed by atoms with Gasteiger partial charge in [-0.2, -0.15) is 0 Å². The molecule has 0 aliphatic carbocycles. The van der Waals surface area contributed by atoms with Crippen LogP contribution in [0.4, 0.5) is 11.4 Å². The third-order valence-corrected chi connectivity index (χ3v) is 17.5. The molecule has 0 radical (unpaired) electrons. The predicted molar refractivity (Wildman–Crippen MR) is 327 cm³/mol. The van der Waals surface area contributed by atoms with Crippen molar-refractivity contribution in [3.63, 3.8) is 0 Å². The van der Waals surface area contributed by atoms with Gasteiger partial charge in [-0.1, -0.05) is 64.6 Å². The van der Waals surface area contributed by atoms with E-state index in [4.69, 9.17) is 93.8 Å². The quantitative estimate of drug-likeness (QED) is 0.0173. The molecule has 462 valence electrons. The summed E-state index contributed by atoms with van der Waals surface area (Å²) in [5.41, 5.74) is 7.44. The molecule has 0 saturated heterocycles. The van der Waals surface area contributed by atoms with Gasteiger partial charge < -0.3 is 72.9 Å². The zero-order valence-electron chi connectivity index (χ0n) is 48.8. The van der Waals surface area contributed by atoms with Crippen molar-refractivity contribution in [3.05, 3.63) is 113 Å². The van der Waals surface area contributed by atoms with Crippen LogP contribution in [0.25, 0.3) is 5.57 Å². The normalized spacial score (nSPS) is 16.9. The molecule has 5 heterocycles. The lowest BCUT2D eigenvalue weighted by atomic mass is 9.73. The van der Waals surface area contributed by atoms with E-state index in [2.05, 4.69) is 65.5 Å². The third kappa shape index (κ3) is 15.7. The molecule has 18 nitrogen and oxygen atoms in total. The van der Waals surface area contributed by atoms with E-state index in [1.165, 1.54) is 0 Å². The van der Waals surface area contributed by atoms with Crippen LogP contribution in [0.2, 0.25) is 20.1 Å². The molecule has 4 aromatic rings. The lowest BCUT2D eigenvalue weighted by Crippen LogP contribution is -2.48. The first-order chi connectivity index (χ1) is 41.2. The Balaban J connectivity index is 0.609. The summed E-state index contributed by atoms with van der Waals surface area (Å²) in [6.07, 6.45) is 7.59. The Bertz CT molecular complexity index is 3020. The number of anilines is 2. The number of aryl methyl sites for hydroxylation is 1. The number of esters is 1. The minimum Gasteiger partial charge on any atom is -0.508 e. The smallest absolute Gasteiger partial charge is 0.341 e. The molecular weight excluding hydrogens is 1180 g/mol. The summed E-state index contributed by atoms with van der Waals surface area (Å²) in [4.78, 5) is 43.9. The number of ether oxygens (including phenoxy) is 10. The highest BCUT2D eigenvalue weighted by atomic mass is 35.5. The van der Waals surface area contributed by atoms with Crippen molar-refractivity contribution < 1.29 is 66.9 Å². The summed E-state index contributed by atoms with van der Waals surface area (Å²) in [6, 6.07) is 13.2. The van der Waals surface area contributed by atoms with Crippen LogP contribution in [0.15, 0.2) is 48.5 Å². The molecule has 0 aromatic heterocycles. The highest BCUT2D eigenvalue weighted by Crippen LogP contribution is 2.64. The van der Waals surface area contributed by atoms with Gasteiger partial charge in [0.15, 0.2) is 5.60 Å². The van der Waals surface area contributed by atoms with Crippen LogP contribution in [-0.4, -0.2) is 167 Å². The number of phenolic OH excluding ortho intramolecular Hbond substituents is 1. The number of nitrogens with zero attached hydrogens (tertiary/aromatic N) is 2. The van der Waals surface area contributed by atoms with Gasteiger partial charge in [0.2, 0.25) is 11.8 Å². The minimum atomic E-state index is -1.54. The number of benzene rings is 4. The number of rotatable bonds is 34. The fourth-order valence-corrected chi connectivity index (χ4v) is 12.8. The fraction of sp³-hybridized carbons (Fsp3) is 0.540. The molecule has 1 spiro atoms. The standard InChI is InChI=1S/C63H78Cl4N4O14/c1-41-40-62(2,3)71-20-5-8-45-59(71)46(41)38-48-60(45)84-50-39-49-43(37-47(50)63(48)54-53(61(75)85-63)55(64)57(66)58(67)56(54)65)7-4-18-70(49)19-6-9-51(73)69-17-22-77-24-26-79-28-30-81-32-34-83-36-35-82-33-31-80-29-27-78-25-23-76-21-15-52(74)68-16-14-42-10-12-44(72)13-11-42/h10-13,37-40,72H,4-9,14-36H2,1-3H3,(H,68,74)(H,69,73). The van der Waals surface area contributed by atoms with Crippen molar-refractivity contribution in [2.24, 2.45) is 0 Å². The van der Waals surface area contributed by atoms with Gasteiger partial charge in [0.05, 0.1) is 143 Å². The van der Waals surface area contributed by atoms with Gasteiger partial charge >= 0.3 is 5.97 Å². The molecule has 3 N–H and O–H groups in total. The van der Waals surface area contributed by atoms with Crippen molar-refractivity contribution in [3.8, 4) is 17.2 Å². The summed E-state index contributed by atoms with van der Waals surface area (Å²) in [6.45, 7) is 16.6. The van der Waals surface area contributed by atoms with Crippen LogP contribution < -0.4 is 25.2 Å². The van der Waals surface area contributed by atoms with Crippen LogP contribution >= 0.6 is 46.4 Å². The molecule has 1 unspecified atom stereocenters. The molecule has 4 aromatic carbocycles. The van der Waals surface area contributed by atoms with Gasteiger partial charge in [0.25, 0.3) is 0 Å². The number of hydrogen-bond donors (Lipinski definition) is 3. The van der Waals surface area contributed by atoms with Crippen LogP contribution in [0.1, 0.15) is 102 Å². The number of amides is 2. The molecule has 2 amide bonds. The van der Waals surface area contributed by atoms with Crippen molar-refractivity contribution in [1.82, 2.24) is 10.6 Å². The maximum Gasteiger partial charge on any atom is 0.341 e. The number of phenols is 1. The Morgan fingerprint density at radius 2 is 1.22 bits per heavy atom. The Morgan fingerprint density at radius 3 is 1.86 bits per heavy atom. The summed E-state index contributed by atoms with van der Waals surface area (Å²) >= 11 is 27.5. The Kier molecular flexibility index (Phi) is 23.4. The van der Waals surface area contributed by atoms with Gasteiger partial charge in [0.1, 0.15) is 17.2 Å². The first kappa shape index (κ1) is 64.5. The molecule has 0 fully saturated rings. The van der Waals surface area contributed by atoms with Gasteiger partial charge in [-0.3, -0.25) is 9.59 Å². The molecular formula is C63H78Cl4N4O14. The topological polar surface area (TPSA) is 194 Å². The number of fused-ring (bicyclic) bond motifs is 8. The molecule has 0 bridgehead atoms. The van der Waals surface area contributed by atoms with E-state index in [-0.39, 0.29) is 55.2 Å². The molecule has 5 aliphatic heterocycles. The van der Waals surface area contributed by atoms with Gasteiger partial charge in [0, 0.05) is 85.1 Å². The summed E-state index contributed by atoms with van der Waals surface area (Å²) < 4.78 is 58.3. The molecule has 5 aliphatic rings. The highest BCUT2D eigenvalue weighted by Gasteiger charge is 2.58. The SMILES string of the molecule is CC1=CC(C)(C)N2CCCc3c4c(cc1c32)C1(OC(=O)c2c(Cl)c(Cl)c(Cl)c(Cl)c21)c1cc2c(cc1O4)N(CCCC(=O)NCCOCCOCCOCCOCCOCCOCCOCCOCCC(=O)NCCc1ccc(O)cc1)CCC2. The van der Waals surface area contributed by atoms with E-state index in [0.29, 0.717) is 173 Å². The zero-order chi connectivity index (χ0) is 59.9. The number of carbonyl (C=O) groups excluding carboxylic acids is 3. The molecule has 85 heavy (non-hydrogen) atoms. The van der Waals surface area contributed by atoms with E-state index < -0.39 is 11.6 Å². The first-order valence-corrected chi connectivity index (χ1v) is 31.0. The number of nitrogens with one attached hydrogen (secondary N) is 2. The Labute approximate surface area is 517 Å². The second kappa shape index (κ2) is 30.8. The monoisotopic (exact) mass is 1250 g/mol. The lowest BCUT2D eigenvalue weighted by Gasteiger charge is -2.48. The fourth-order valence-electron chi connectivity index (χ4n) is 11.7. The maximum absolute atomic E-state index is 14.2. The molecule has 0 saturated carbocycles. The van der Waals surface area contributed by atoms with E-state index >= 15 is 0 Å². The summed E-state index contributed by atoms with van der Waals surface area (Å²) in [7, 11) is 0. The molecule has 9 rings (SSSR count). The first-order valence-electron chi connectivity index (χ1n) is 29.5. The number of hydrogen-bond acceptors (Lipinski definition) is 16. The maximum atomic E-state index is 14.2. The highest BCUT2D eigenvalue weighted by molar-refractivity contribution is 6.53. The van der Waals surface area contributed by atoms with E-state index in [9.17, 15) is 19.5 Å².